The summed E-state index contributed by atoms with van der Waals surface area (Å²) in [6, 6.07) is 0. The van der Waals surface area contributed by atoms with Crippen molar-refractivity contribution in [3.05, 3.63) is 0 Å². The molecule has 0 aliphatic carbocycles. The number of ether oxygens (including phenoxy) is 1. The molecule has 0 radical (unpaired) electrons. The van der Waals surface area contributed by atoms with E-state index in [1.165, 1.54) is 7.11 Å². The molecule has 0 fully saturated rings. The fourth-order valence-corrected chi connectivity index (χ4v) is 0.747. The molecule has 0 aromatic heterocycles. The maximum Gasteiger partial charge on any atom is 0.250 e. The standard InChI is InChI=1S/C6H14N2O2/c1-3-6(4-7,10-2)5(8)9/h3-4,7H2,1-2H3,(H2,8,9). The Kier molecular flexibility index (Phi) is 3.32. The minimum Gasteiger partial charge on any atom is -0.367 e. The van der Waals surface area contributed by atoms with E-state index in [1.807, 2.05) is 0 Å². The maximum absolute atomic E-state index is 10.7. The number of carbonyl (C=O) groups is 1. The molecule has 0 aliphatic heterocycles. The number of rotatable bonds is 4. The second kappa shape index (κ2) is 3.53. The number of amides is 1. The van der Waals surface area contributed by atoms with E-state index in [-0.39, 0.29) is 6.54 Å². The zero-order valence-electron chi connectivity index (χ0n) is 6.39. The molecule has 4 heteroatoms. The van der Waals surface area contributed by atoms with E-state index in [2.05, 4.69) is 0 Å². The number of hydrogen-bond donors (Lipinski definition) is 2. The minimum atomic E-state index is -0.958. The van der Waals surface area contributed by atoms with E-state index in [4.69, 9.17) is 16.2 Å². The van der Waals surface area contributed by atoms with Gasteiger partial charge < -0.3 is 16.2 Å². The summed E-state index contributed by atoms with van der Waals surface area (Å²) < 4.78 is 4.90. The van der Waals surface area contributed by atoms with Crippen LogP contribution in [-0.2, 0) is 9.53 Å². The summed E-state index contributed by atoms with van der Waals surface area (Å²) in [5, 5.41) is 0. The largest absolute Gasteiger partial charge is 0.367 e. The van der Waals surface area contributed by atoms with Crippen LogP contribution < -0.4 is 11.5 Å². The van der Waals surface area contributed by atoms with Crippen molar-refractivity contribution in [1.29, 1.82) is 0 Å². The molecule has 0 aliphatic rings. The van der Waals surface area contributed by atoms with E-state index < -0.39 is 11.5 Å². The summed E-state index contributed by atoms with van der Waals surface area (Å²) in [7, 11) is 1.43. The lowest BCUT2D eigenvalue weighted by atomic mass is 10.0. The SMILES string of the molecule is CCC(CN)(OC)C(N)=O. The van der Waals surface area contributed by atoms with Crippen LogP contribution in [0.3, 0.4) is 0 Å². The summed E-state index contributed by atoms with van der Waals surface area (Å²) in [6.07, 6.45) is 0.509. The Balaban J connectivity index is 4.31. The van der Waals surface area contributed by atoms with E-state index in [0.717, 1.165) is 0 Å². The van der Waals surface area contributed by atoms with Crippen molar-refractivity contribution in [1.82, 2.24) is 0 Å². The summed E-state index contributed by atoms with van der Waals surface area (Å²) in [5.41, 5.74) is 9.40. The molecule has 1 unspecified atom stereocenters. The first kappa shape index (κ1) is 9.39. The molecule has 0 saturated carbocycles. The zero-order valence-corrected chi connectivity index (χ0v) is 6.39. The third-order valence-corrected chi connectivity index (χ3v) is 1.74. The van der Waals surface area contributed by atoms with E-state index in [0.29, 0.717) is 6.42 Å². The molecular weight excluding hydrogens is 132 g/mol. The topological polar surface area (TPSA) is 78.3 Å². The summed E-state index contributed by atoms with van der Waals surface area (Å²) in [6.45, 7) is 1.94. The number of nitrogens with two attached hydrogens (primary N) is 2. The first-order valence-corrected chi connectivity index (χ1v) is 3.18. The van der Waals surface area contributed by atoms with Crippen molar-refractivity contribution >= 4 is 5.91 Å². The van der Waals surface area contributed by atoms with Crippen molar-refractivity contribution in [3.63, 3.8) is 0 Å². The second-order valence-electron chi connectivity index (χ2n) is 2.12. The van der Waals surface area contributed by atoms with Crippen LogP contribution in [0.1, 0.15) is 13.3 Å². The number of primary amides is 1. The molecule has 0 saturated heterocycles. The van der Waals surface area contributed by atoms with Crippen LogP contribution in [-0.4, -0.2) is 25.2 Å². The summed E-state index contributed by atoms with van der Waals surface area (Å²) in [4.78, 5) is 10.7. The normalized spacial score (nSPS) is 16.3. The van der Waals surface area contributed by atoms with Crippen LogP contribution in [0.15, 0.2) is 0 Å². The molecule has 0 rings (SSSR count). The van der Waals surface area contributed by atoms with Gasteiger partial charge in [-0.15, -0.1) is 0 Å². The van der Waals surface area contributed by atoms with Gasteiger partial charge in [0.1, 0.15) is 0 Å². The predicted molar refractivity (Wildman–Crippen MR) is 38.3 cm³/mol. The van der Waals surface area contributed by atoms with Crippen molar-refractivity contribution in [3.8, 4) is 0 Å². The van der Waals surface area contributed by atoms with Crippen molar-refractivity contribution < 1.29 is 9.53 Å². The molecule has 1 atom stereocenters. The molecule has 0 spiro atoms. The Morgan fingerprint density at radius 1 is 1.70 bits per heavy atom. The van der Waals surface area contributed by atoms with Gasteiger partial charge >= 0.3 is 0 Å². The van der Waals surface area contributed by atoms with E-state index in [9.17, 15) is 4.79 Å². The Labute approximate surface area is 60.5 Å². The van der Waals surface area contributed by atoms with Gasteiger partial charge in [-0.2, -0.15) is 0 Å². The van der Waals surface area contributed by atoms with Gasteiger partial charge in [0.2, 0.25) is 0 Å². The highest BCUT2D eigenvalue weighted by Gasteiger charge is 2.32. The molecule has 4 N–H and O–H groups in total. The van der Waals surface area contributed by atoms with Crippen molar-refractivity contribution in [2.45, 2.75) is 18.9 Å². The predicted octanol–water partition coefficient (Wildman–Crippen LogP) is -0.774. The van der Waals surface area contributed by atoms with Crippen LogP contribution in [0.5, 0.6) is 0 Å². The average molecular weight is 146 g/mol. The monoisotopic (exact) mass is 146 g/mol. The Bertz CT molecular complexity index is 113. The van der Waals surface area contributed by atoms with Gasteiger partial charge in [-0.1, -0.05) is 6.92 Å². The number of carbonyl (C=O) groups excluding carboxylic acids is 1. The Hall–Kier alpha value is -0.610. The fraction of sp³-hybridized carbons (Fsp3) is 0.833. The van der Waals surface area contributed by atoms with Crippen molar-refractivity contribution in [2.24, 2.45) is 11.5 Å². The molecular formula is C6H14N2O2. The van der Waals surface area contributed by atoms with E-state index >= 15 is 0 Å². The van der Waals surface area contributed by atoms with E-state index in [1.54, 1.807) is 6.92 Å². The minimum absolute atomic E-state index is 0.134. The smallest absolute Gasteiger partial charge is 0.250 e. The molecule has 60 valence electrons. The highest BCUT2D eigenvalue weighted by molar-refractivity contribution is 5.83. The Morgan fingerprint density at radius 2 is 2.20 bits per heavy atom. The third kappa shape index (κ3) is 1.46. The van der Waals surface area contributed by atoms with Crippen LogP contribution >= 0.6 is 0 Å². The second-order valence-corrected chi connectivity index (χ2v) is 2.12. The maximum atomic E-state index is 10.7. The van der Waals surface area contributed by atoms with Crippen LogP contribution in [0.4, 0.5) is 0 Å². The summed E-state index contributed by atoms with van der Waals surface area (Å²) in [5.74, 6) is -0.500. The van der Waals surface area contributed by atoms with Gasteiger partial charge in [0.25, 0.3) is 5.91 Å². The van der Waals surface area contributed by atoms with Gasteiger partial charge in [0.05, 0.1) is 0 Å². The summed E-state index contributed by atoms with van der Waals surface area (Å²) >= 11 is 0. The van der Waals surface area contributed by atoms with Gasteiger partial charge in [0, 0.05) is 13.7 Å². The fourth-order valence-electron chi connectivity index (χ4n) is 0.747. The van der Waals surface area contributed by atoms with Gasteiger partial charge in [-0.25, -0.2) is 0 Å². The Morgan fingerprint density at radius 3 is 2.20 bits per heavy atom. The highest BCUT2D eigenvalue weighted by Crippen LogP contribution is 2.11. The third-order valence-electron chi connectivity index (χ3n) is 1.74. The molecule has 10 heavy (non-hydrogen) atoms. The van der Waals surface area contributed by atoms with Crippen molar-refractivity contribution in [2.75, 3.05) is 13.7 Å². The number of hydrogen-bond acceptors (Lipinski definition) is 3. The quantitative estimate of drug-likeness (QED) is 0.546. The zero-order chi connectivity index (χ0) is 8.20. The van der Waals surface area contributed by atoms with Crippen LogP contribution in [0, 0.1) is 0 Å². The lowest BCUT2D eigenvalue weighted by Gasteiger charge is -2.25. The molecule has 0 aromatic carbocycles. The van der Waals surface area contributed by atoms with Gasteiger partial charge in [-0.3, -0.25) is 4.79 Å². The molecule has 0 heterocycles. The van der Waals surface area contributed by atoms with Crippen LogP contribution in [0.2, 0.25) is 0 Å². The lowest BCUT2D eigenvalue weighted by Crippen LogP contribution is -2.50. The molecule has 0 aromatic rings. The molecule has 1 amide bonds. The average Bonchev–Trinajstić information content (AvgIpc) is 1.92. The molecule has 0 bridgehead atoms. The first-order valence-electron chi connectivity index (χ1n) is 3.18. The van der Waals surface area contributed by atoms with Gasteiger partial charge in [-0.05, 0) is 6.42 Å². The van der Waals surface area contributed by atoms with Crippen LogP contribution in [0.25, 0.3) is 0 Å². The highest BCUT2D eigenvalue weighted by atomic mass is 16.5. The van der Waals surface area contributed by atoms with Gasteiger partial charge in [0.15, 0.2) is 5.60 Å². The molecule has 4 nitrogen and oxygen atoms in total. The number of methoxy groups -OCH3 is 1. The first-order chi connectivity index (χ1) is 4.63. The lowest BCUT2D eigenvalue weighted by molar-refractivity contribution is -0.139.